The van der Waals surface area contributed by atoms with Gasteiger partial charge in [-0.15, -0.1) is 0 Å². The molecule has 0 aromatic carbocycles. The summed E-state index contributed by atoms with van der Waals surface area (Å²) in [5.41, 5.74) is 0.533. The zero-order valence-corrected chi connectivity index (χ0v) is 8.45. The second kappa shape index (κ2) is 3.06. The minimum atomic E-state index is 0.403. The maximum atomic E-state index is 11.4. The van der Waals surface area contributed by atoms with Crippen LogP contribution in [0, 0.1) is 11.3 Å². The van der Waals surface area contributed by atoms with Crippen molar-refractivity contribution in [3.8, 4) is 0 Å². The van der Waals surface area contributed by atoms with E-state index in [1.807, 2.05) is 11.8 Å². The van der Waals surface area contributed by atoms with Crippen LogP contribution in [-0.2, 0) is 4.79 Å². The molecular formula is C10H16OS. The number of rotatable bonds is 2. The summed E-state index contributed by atoms with van der Waals surface area (Å²) >= 11 is 1.82. The molecule has 12 heavy (non-hydrogen) atoms. The number of Topliss-reactive ketones (excluding diaryl/α,β-unsaturated/α-hetero) is 1. The largest absolute Gasteiger partial charge is 0.298 e. The topological polar surface area (TPSA) is 17.1 Å². The van der Waals surface area contributed by atoms with E-state index in [0.717, 1.165) is 11.5 Å². The first kappa shape index (κ1) is 8.61. The number of carbonyl (C=O) groups excluding carboxylic acids is 1. The van der Waals surface area contributed by atoms with Gasteiger partial charge in [0.25, 0.3) is 0 Å². The van der Waals surface area contributed by atoms with Gasteiger partial charge in [-0.1, -0.05) is 13.3 Å². The molecule has 0 N–H and O–H groups in total. The van der Waals surface area contributed by atoms with Gasteiger partial charge in [-0.05, 0) is 24.7 Å². The average molecular weight is 184 g/mol. The SMILES string of the molecule is CC1(CC2CSCC2=O)CCC1. The summed E-state index contributed by atoms with van der Waals surface area (Å²) in [6, 6.07) is 0. The predicted molar refractivity (Wildman–Crippen MR) is 52.4 cm³/mol. The Bertz CT molecular complexity index is 196. The number of thioether (sulfide) groups is 1. The highest BCUT2D eigenvalue weighted by Gasteiger charge is 2.37. The fraction of sp³-hybridized carbons (Fsp3) is 0.900. The molecule has 0 spiro atoms. The molecule has 2 fully saturated rings. The van der Waals surface area contributed by atoms with Crippen LogP contribution in [0.3, 0.4) is 0 Å². The van der Waals surface area contributed by atoms with Gasteiger partial charge in [0.2, 0.25) is 0 Å². The lowest BCUT2D eigenvalue weighted by Gasteiger charge is -2.39. The lowest BCUT2D eigenvalue weighted by molar-refractivity contribution is -0.120. The summed E-state index contributed by atoms with van der Waals surface area (Å²) in [6.45, 7) is 2.34. The fourth-order valence-corrected chi connectivity index (χ4v) is 3.41. The van der Waals surface area contributed by atoms with E-state index in [1.165, 1.54) is 25.7 Å². The van der Waals surface area contributed by atoms with Crippen LogP contribution >= 0.6 is 11.8 Å². The highest BCUT2D eigenvalue weighted by atomic mass is 32.2. The van der Waals surface area contributed by atoms with Gasteiger partial charge in [0.1, 0.15) is 5.78 Å². The molecule has 2 aliphatic rings. The van der Waals surface area contributed by atoms with E-state index in [0.29, 0.717) is 17.1 Å². The maximum absolute atomic E-state index is 11.4. The Hall–Kier alpha value is 0.0200. The zero-order chi connectivity index (χ0) is 8.60. The zero-order valence-electron chi connectivity index (χ0n) is 7.64. The van der Waals surface area contributed by atoms with Crippen molar-refractivity contribution in [3.63, 3.8) is 0 Å². The van der Waals surface area contributed by atoms with Crippen molar-refractivity contribution in [2.75, 3.05) is 11.5 Å². The molecule has 1 saturated heterocycles. The van der Waals surface area contributed by atoms with Crippen molar-refractivity contribution in [1.82, 2.24) is 0 Å². The highest BCUT2D eigenvalue weighted by Crippen LogP contribution is 2.46. The Balaban J connectivity index is 1.89. The number of ketones is 1. The van der Waals surface area contributed by atoms with E-state index in [2.05, 4.69) is 6.92 Å². The van der Waals surface area contributed by atoms with E-state index >= 15 is 0 Å². The minimum Gasteiger partial charge on any atom is -0.298 e. The molecule has 0 amide bonds. The van der Waals surface area contributed by atoms with E-state index in [1.54, 1.807) is 0 Å². The molecule has 1 unspecified atom stereocenters. The van der Waals surface area contributed by atoms with Gasteiger partial charge < -0.3 is 0 Å². The molecule has 1 atom stereocenters. The first-order valence-electron chi connectivity index (χ1n) is 4.80. The van der Waals surface area contributed by atoms with Crippen LogP contribution in [-0.4, -0.2) is 17.3 Å². The lowest BCUT2D eigenvalue weighted by Crippen LogP contribution is -2.30. The molecule has 1 nitrogen and oxygen atoms in total. The number of carbonyl (C=O) groups is 1. The molecule has 1 saturated carbocycles. The molecule has 1 aliphatic heterocycles. The van der Waals surface area contributed by atoms with Crippen molar-refractivity contribution < 1.29 is 4.79 Å². The first-order valence-corrected chi connectivity index (χ1v) is 5.96. The van der Waals surface area contributed by atoms with Crippen molar-refractivity contribution in [2.45, 2.75) is 32.6 Å². The third-order valence-electron chi connectivity index (χ3n) is 3.32. The monoisotopic (exact) mass is 184 g/mol. The van der Waals surface area contributed by atoms with E-state index in [-0.39, 0.29) is 0 Å². The van der Waals surface area contributed by atoms with Gasteiger partial charge in [0.15, 0.2) is 0 Å². The quantitative estimate of drug-likeness (QED) is 0.656. The van der Waals surface area contributed by atoms with Gasteiger partial charge >= 0.3 is 0 Å². The third kappa shape index (κ3) is 1.54. The maximum Gasteiger partial charge on any atom is 0.146 e. The van der Waals surface area contributed by atoms with Crippen LogP contribution in [0.4, 0.5) is 0 Å². The molecule has 1 heterocycles. The second-order valence-corrected chi connectivity index (χ2v) is 5.58. The Morgan fingerprint density at radius 3 is 2.75 bits per heavy atom. The smallest absolute Gasteiger partial charge is 0.146 e. The van der Waals surface area contributed by atoms with Crippen molar-refractivity contribution in [1.29, 1.82) is 0 Å². The van der Waals surface area contributed by atoms with Crippen LogP contribution in [0.15, 0.2) is 0 Å². The molecular weight excluding hydrogens is 168 g/mol. The first-order chi connectivity index (χ1) is 5.70. The summed E-state index contributed by atoms with van der Waals surface area (Å²) in [4.78, 5) is 11.4. The molecule has 68 valence electrons. The normalized spacial score (nSPS) is 33.4. The summed E-state index contributed by atoms with van der Waals surface area (Å²) in [5.74, 6) is 2.78. The van der Waals surface area contributed by atoms with E-state index in [9.17, 15) is 4.79 Å². The Morgan fingerprint density at radius 1 is 1.58 bits per heavy atom. The van der Waals surface area contributed by atoms with Gasteiger partial charge in [-0.2, -0.15) is 11.8 Å². The van der Waals surface area contributed by atoms with E-state index in [4.69, 9.17) is 0 Å². The van der Waals surface area contributed by atoms with Gasteiger partial charge in [-0.25, -0.2) is 0 Å². The Labute approximate surface area is 78.3 Å². The van der Waals surface area contributed by atoms with Gasteiger partial charge in [0, 0.05) is 11.7 Å². The number of hydrogen-bond donors (Lipinski definition) is 0. The lowest BCUT2D eigenvalue weighted by atomic mass is 9.65. The van der Waals surface area contributed by atoms with Gasteiger partial charge in [0.05, 0.1) is 5.75 Å². The number of hydrogen-bond acceptors (Lipinski definition) is 2. The average Bonchev–Trinajstić information content (AvgIpc) is 2.34. The molecule has 2 rings (SSSR count). The molecule has 2 heteroatoms. The van der Waals surface area contributed by atoms with Crippen molar-refractivity contribution >= 4 is 17.5 Å². The molecule has 0 aromatic rings. The van der Waals surface area contributed by atoms with Crippen LogP contribution < -0.4 is 0 Å². The second-order valence-electron chi connectivity index (χ2n) is 4.55. The standard InChI is InChI=1S/C10H16OS/c1-10(3-2-4-10)5-8-6-12-7-9(8)11/h8H,2-7H2,1H3. The van der Waals surface area contributed by atoms with Crippen molar-refractivity contribution in [3.05, 3.63) is 0 Å². The highest BCUT2D eigenvalue weighted by molar-refractivity contribution is 8.00. The summed E-state index contributed by atoms with van der Waals surface area (Å²) in [7, 11) is 0. The minimum absolute atomic E-state index is 0.403. The predicted octanol–water partition coefficient (Wildman–Crippen LogP) is 2.50. The van der Waals surface area contributed by atoms with Crippen LogP contribution in [0.1, 0.15) is 32.6 Å². The molecule has 0 radical (unpaired) electrons. The molecule has 1 aliphatic carbocycles. The van der Waals surface area contributed by atoms with Gasteiger partial charge in [-0.3, -0.25) is 4.79 Å². The summed E-state index contributed by atoms with van der Waals surface area (Å²) in [5, 5.41) is 0. The Kier molecular flexibility index (Phi) is 2.19. The summed E-state index contributed by atoms with van der Waals surface area (Å²) in [6.07, 6.45) is 5.24. The third-order valence-corrected chi connectivity index (χ3v) is 4.45. The molecule has 0 aromatic heterocycles. The van der Waals surface area contributed by atoms with Crippen molar-refractivity contribution in [2.24, 2.45) is 11.3 Å². The van der Waals surface area contributed by atoms with Crippen LogP contribution in [0.5, 0.6) is 0 Å². The fourth-order valence-electron chi connectivity index (χ4n) is 2.26. The van der Waals surface area contributed by atoms with E-state index < -0.39 is 0 Å². The van der Waals surface area contributed by atoms with Crippen LogP contribution in [0.25, 0.3) is 0 Å². The summed E-state index contributed by atoms with van der Waals surface area (Å²) < 4.78 is 0. The Morgan fingerprint density at radius 2 is 2.33 bits per heavy atom. The van der Waals surface area contributed by atoms with Crippen LogP contribution in [0.2, 0.25) is 0 Å². The molecule has 0 bridgehead atoms.